The number of nitrogens with one attached hydrogen (secondary N) is 1. The molecular formula is C20H19N7O3S2. The number of thioether (sulfide) groups is 1. The zero-order valence-corrected chi connectivity index (χ0v) is 19.4. The number of amides is 1. The molecule has 3 heterocycles. The molecule has 0 aliphatic carbocycles. The van der Waals surface area contributed by atoms with Crippen LogP contribution in [0.1, 0.15) is 10.6 Å². The summed E-state index contributed by atoms with van der Waals surface area (Å²) in [5, 5.41) is 12.1. The van der Waals surface area contributed by atoms with Crippen molar-refractivity contribution in [3.63, 3.8) is 0 Å². The Morgan fingerprint density at radius 1 is 1.09 bits per heavy atom. The quantitative estimate of drug-likeness (QED) is 0.347. The third-order valence-corrected chi connectivity index (χ3v) is 6.49. The zero-order chi connectivity index (χ0) is 23.0. The normalized spacial score (nSPS) is 11.1. The number of aromatic nitrogens is 6. The van der Waals surface area contributed by atoms with Gasteiger partial charge in [0.15, 0.2) is 11.5 Å². The minimum absolute atomic E-state index is 0.00997. The van der Waals surface area contributed by atoms with Crippen LogP contribution in [0.5, 0.6) is 0 Å². The molecule has 12 heteroatoms. The standard InChI is InChI=1S/C20H19N7O3S2/c1-10-7-5-6-8-12(10)15-22-16-14(18(29)27(4)20(30)26(16)3)17(23-15)31-9-13(28)21-19-25-24-11(2)32-19/h5-8H,9H2,1-4H3,(H,21,25,28). The second kappa shape index (κ2) is 8.63. The summed E-state index contributed by atoms with van der Waals surface area (Å²) in [6.45, 7) is 3.72. The maximum absolute atomic E-state index is 12.9. The van der Waals surface area contributed by atoms with Crippen molar-refractivity contribution in [1.29, 1.82) is 0 Å². The number of hydrogen-bond acceptors (Lipinski definition) is 9. The highest BCUT2D eigenvalue weighted by Gasteiger charge is 2.20. The minimum atomic E-state index is -0.512. The third-order valence-electron chi connectivity index (χ3n) is 4.77. The Kier molecular flexibility index (Phi) is 5.89. The molecular weight excluding hydrogens is 450 g/mol. The van der Waals surface area contributed by atoms with Gasteiger partial charge < -0.3 is 0 Å². The predicted octanol–water partition coefficient (Wildman–Crippen LogP) is 1.89. The maximum Gasteiger partial charge on any atom is 0.332 e. The molecule has 0 atom stereocenters. The number of benzene rings is 1. The molecule has 0 fully saturated rings. The summed E-state index contributed by atoms with van der Waals surface area (Å²) in [4.78, 5) is 47.0. The van der Waals surface area contributed by atoms with Crippen molar-refractivity contribution in [2.75, 3.05) is 11.1 Å². The van der Waals surface area contributed by atoms with E-state index < -0.39 is 11.2 Å². The number of fused-ring (bicyclic) bond motifs is 1. The van der Waals surface area contributed by atoms with Crippen LogP contribution >= 0.6 is 23.1 Å². The van der Waals surface area contributed by atoms with Crippen LogP contribution in [0, 0.1) is 13.8 Å². The number of carbonyl (C=O) groups excluding carboxylic acids is 1. The van der Waals surface area contributed by atoms with Crippen LogP contribution in [-0.2, 0) is 18.9 Å². The topological polar surface area (TPSA) is 125 Å². The summed E-state index contributed by atoms with van der Waals surface area (Å²) in [6.07, 6.45) is 0. The van der Waals surface area contributed by atoms with Crippen LogP contribution in [0.2, 0.25) is 0 Å². The average Bonchev–Trinajstić information content (AvgIpc) is 3.18. The molecule has 10 nitrogen and oxygen atoms in total. The second-order valence-electron chi connectivity index (χ2n) is 7.03. The monoisotopic (exact) mass is 469 g/mol. The van der Waals surface area contributed by atoms with E-state index in [1.165, 1.54) is 23.0 Å². The number of hydrogen-bond donors (Lipinski definition) is 1. The first-order chi connectivity index (χ1) is 15.3. The van der Waals surface area contributed by atoms with E-state index in [-0.39, 0.29) is 22.7 Å². The molecule has 4 aromatic rings. The van der Waals surface area contributed by atoms with E-state index in [0.717, 1.165) is 32.5 Å². The van der Waals surface area contributed by atoms with Crippen molar-refractivity contribution in [3.05, 3.63) is 55.7 Å². The number of anilines is 1. The van der Waals surface area contributed by atoms with E-state index >= 15 is 0 Å². The van der Waals surface area contributed by atoms with Gasteiger partial charge in [-0.2, -0.15) is 0 Å². The largest absolute Gasteiger partial charge is 0.332 e. The van der Waals surface area contributed by atoms with E-state index in [9.17, 15) is 14.4 Å². The molecule has 1 N–H and O–H groups in total. The lowest BCUT2D eigenvalue weighted by molar-refractivity contribution is -0.113. The van der Waals surface area contributed by atoms with Crippen LogP contribution < -0.4 is 16.6 Å². The average molecular weight is 470 g/mol. The number of aryl methyl sites for hydroxylation is 3. The lowest BCUT2D eigenvalue weighted by Crippen LogP contribution is -2.37. The molecule has 0 spiro atoms. The Morgan fingerprint density at radius 2 is 1.84 bits per heavy atom. The highest BCUT2D eigenvalue weighted by Crippen LogP contribution is 2.27. The highest BCUT2D eigenvalue weighted by molar-refractivity contribution is 8.00. The molecule has 0 radical (unpaired) electrons. The third kappa shape index (κ3) is 4.06. The van der Waals surface area contributed by atoms with E-state index in [1.54, 1.807) is 14.0 Å². The summed E-state index contributed by atoms with van der Waals surface area (Å²) in [5.74, 6) is 0.0581. The molecule has 3 aromatic heterocycles. The first-order valence-electron chi connectivity index (χ1n) is 9.52. The van der Waals surface area contributed by atoms with Gasteiger partial charge in [-0.25, -0.2) is 14.8 Å². The van der Waals surface area contributed by atoms with Gasteiger partial charge in [-0.1, -0.05) is 47.4 Å². The van der Waals surface area contributed by atoms with Gasteiger partial charge in [0.25, 0.3) is 5.56 Å². The van der Waals surface area contributed by atoms with Crippen molar-refractivity contribution in [2.45, 2.75) is 18.9 Å². The summed E-state index contributed by atoms with van der Waals surface area (Å²) in [7, 11) is 2.95. The fraction of sp³-hybridized carbons (Fsp3) is 0.250. The van der Waals surface area contributed by atoms with Crippen molar-refractivity contribution in [2.24, 2.45) is 14.1 Å². The smallest absolute Gasteiger partial charge is 0.300 e. The first kappa shape index (κ1) is 21.8. The van der Waals surface area contributed by atoms with Crippen LogP contribution in [-0.4, -0.2) is 41.0 Å². The fourth-order valence-corrected chi connectivity index (χ4v) is 4.54. The lowest BCUT2D eigenvalue weighted by Gasteiger charge is -2.12. The Balaban J connectivity index is 1.80. The van der Waals surface area contributed by atoms with Crippen molar-refractivity contribution in [1.82, 2.24) is 29.3 Å². The van der Waals surface area contributed by atoms with E-state index in [0.29, 0.717) is 16.0 Å². The van der Waals surface area contributed by atoms with Crippen molar-refractivity contribution in [3.8, 4) is 11.4 Å². The van der Waals surface area contributed by atoms with E-state index in [4.69, 9.17) is 0 Å². The van der Waals surface area contributed by atoms with Crippen LogP contribution in [0.25, 0.3) is 22.4 Å². The highest BCUT2D eigenvalue weighted by atomic mass is 32.2. The SMILES string of the molecule is Cc1nnc(NC(=O)CSc2nc(-c3ccccc3C)nc3c2c(=O)n(C)c(=O)n3C)s1. The van der Waals surface area contributed by atoms with Gasteiger partial charge in [0.2, 0.25) is 11.0 Å². The molecule has 164 valence electrons. The molecule has 0 saturated carbocycles. The van der Waals surface area contributed by atoms with E-state index in [2.05, 4.69) is 25.5 Å². The van der Waals surface area contributed by atoms with Crippen LogP contribution in [0.4, 0.5) is 5.13 Å². The number of carbonyl (C=O) groups is 1. The van der Waals surface area contributed by atoms with Gasteiger partial charge in [-0.3, -0.25) is 24.0 Å². The van der Waals surface area contributed by atoms with Gasteiger partial charge in [0, 0.05) is 19.7 Å². The zero-order valence-electron chi connectivity index (χ0n) is 17.7. The summed E-state index contributed by atoms with van der Waals surface area (Å²) in [5.41, 5.74) is 0.938. The van der Waals surface area contributed by atoms with Crippen LogP contribution in [0.3, 0.4) is 0 Å². The van der Waals surface area contributed by atoms with Gasteiger partial charge in [0.05, 0.1) is 5.75 Å². The summed E-state index contributed by atoms with van der Waals surface area (Å²) >= 11 is 2.37. The number of rotatable bonds is 5. The minimum Gasteiger partial charge on any atom is -0.300 e. The Labute approximate surface area is 190 Å². The molecule has 0 bridgehead atoms. The Bertz CT molecular complexity index is 1470. The Hall–Kier alpha value is -3.38. The molecule has 1 aromatic carbocycles. The predicted molar refractivity (Wildman–Crippen MR) is 124 cm³/mol. The van der Waals surface area contributed by atoms with Crippen molar-refractivity contribution < 1.29 is 4.79 Å². The Morgan fingerprint density at radius 3 is 2.53 bits per heavy atom. The fourth-order valence-electron chi connectivity index (χ4n) is 3.11. The number of nitrogens with zero attached hydrogens (tertiary/aromatic N) is 6. The lowest BCUT2D eigenvalue weighted by atomic mass is 10.1. The van der Waals surface area contributed by atoms with Gasteiger partial charge in [0.1, 0.15) is 15.4 Å². The first-order valence-corrected chi connectivity index (χ1v) is 11.3. The molecule has 0 aliphatic heterocycles. The van der Waals surface area contributed by atoms with Gasteiger partial charge in [-0.15, -0.1) is 10.2 Å². The molecule has 4 rings (SSSR count). The van der Waals surface area contributed by atoms with Crippen LogP contribution in [0.15, 0.2) is 38.9 Å². The van der Waals surface area contributed by atoms with E-state index in [1.807, 2.05) is 31.2 Å². The molecule has 0 saturated heterocycles. The maximum atomic E-state index is 12.9. The summed E-state index contributed by atoms with van der Waals surface area (Å²) in [6, 6.07) is 7.56. The molecule has 1 amide bonds. The molecule has 32 heavy (non-hydrogen) atoms. The van der Waals surface area contributed by atoms with Crippen molar-refractivity contribution >= 4 is 45.2 Å². The molecule has 0 aliphatic rings. The second-order valence-corrected chi connectivity index (χ2v) is 9.18. The molecule has 0 unspecified atom stereocenters. The van der Waals surface area contributed by atoms with Gasteiger partial charge >= 0.3 is 5.69 Å². The summed E-state index contributed by atoms with van der Waals surface area (Å²) < 4.78 is 2.32. The van der Waals surface area contributed by atoms with Gasteiger partial charge in [-0.05, 0) is 19.4 Å².